The molecule has 0 spiro atoms. The quantitative estimate of drug-likeness (QED) is 0.891. The first-order valence-electron chi connectivity index (χ1n) is 6.75. The molecule has 1 aliphatic rings. The number of rotatable bonds is 4. The Labute approximate surface area is 118 Å². The topological polar surface area (TPSA) is 68.0 Å². The van der Waals surface area contributed by atoms with Crippen LogP contribution in [0.3, 0.4) is 0 Å². The Balaban J connectivity index is 1.99. The molecule has 0 aliphatic heterocycles. The van der Waals surface area contributed by atoms with Crippen LogP contribution in [0.4, 0.5) is 5.82 Å². The number of nitrogens with zero attached hydrogens (tertiary/aromatic N) is 1. The summed E-state index contributed by atoms with van der Waals surface area (Å²) in [7, 11) is 0. The van der Waals surface area contributed by atoms with Crippen LogP contribution in [0.5, 0.6) is 0 Å². The highest BCUT2D eigenvalue weighted by atomic mass is 35.5. The van der Waals surface area contributed by atoms with E-state index in [2.05, 4.69) is 17.2 Å². The average molecular weight is 282 g/mol. The van der Waals surface area contributed by atoms with Gasteiger partial charge in [0.2, 0.25) is 0 Å². The van der Waals surface area contributed by atoms with Crippen molar-refractivity contribution in [2.24, 2.45) is 5.41 Å². The summed E-state index contributed by atoms with van der Waals surface area (Å²) in [5.41, 5.74) is 6.27. The minimum atomic E-state index is -0.130. The number of carbonyl (C=O) groups excluding carboxylic acids is 1. The highest BCUT2D eigenvalue weighted by Crippen LogP contribution is 2.40. The van der Waals surface area contributed by atoms with E-state index < -0.39 is 0 Å². The van der Waals surface area contributed by atoms with E-state index in [1.54, 1.807) is 6.07 Å². The van der Waals surface area contributed by atoms with Crippen LogP contribution in [-0.4, -0.2) is 17.4 Å². The second-order valence-electron chi connectivity index (χ2n) is 5.33. The number of aromatic nitrogens is 1. The van der Waals surface area contributed by atoms with Crippen LogP contribution in [0, 0.1) is 5.41 Å². The van der Waals surface area contributed by atoms with Gasteiger partial charge in [0.05, 0.1) is 10.6 Å². The first-order valence-corrected chi connectivity index (χ1v) is 7.13. The summed E-state index contributed by atoms with van der Waals surface area (Å²) in [6.07, 6.45) is 7.49. The summed E-state index contributed by atoms with van der Waals surface area (Å²) in [6.45, 7) is 2.92. The minimum Gasteiger partial charge on any atom is -0.382 e. The van der Waals surface area contributed by atoms with Gasteiger partial charge in [-0.2, -0.15) is 0 Å². The van der Waals surface area contributed by atoms with E-state index in [0.717, 1.165) is 13.0 Å². The van der Waals surface area contributed by atoms with E-state index in [1.165, 1.54) is 31.9 Å². The van der Waals surface area contributed by atoms with Crippen molar-refractivity contribution in [2.45, 2.75) is 39.0 Å². The van der Waals surface area contributed by atoms with Gasteiger partial charge >= 0.3 is 0 Å². The molecule has 0 saturated heterocycles. The van der Waals surface area contributed by atoms with Gasteiger partial charge in [-0.1, -0.05) is 31.4 Å². The van der Waals surface area contributed by atoms with Crippen molar-refractivity contribution in [3.63, 3.8) is 0 Å². The van der Waals surface area contributed by atoms with Gasteiger partial charge in [-0.15, -0.1) is 0 Å². The number of amides is 1. The zero-order valence-electron chi connectivity index (χ0n) is 11.2. The van der Waals surface area contributed by atoms with Crippen LogP contribution in [0.1, 0.15) is 49.4 Å². The van der Waals surface area contributed by atoms with Crippen molar-refractivity contribution >= 4 is 23.3 Å². The molecular formula is C14H20ClN3O. The number of anilines is 1. The summed E-state index contributed by atoms with van der Waals surface area (Å²) in [5, 5.41) is 3.32. The summed E-state index contributed by atoms with van der Waals surface area (Å²) in [6, 6.07) is 1.56. The summed E-state index contributed by atoms with van der Waals surface area (Å²) < 4.78 is 0. The predicted molar refractivity (Wildman–Crippen MR) is 77.2 cm³/mol. The number of nitrogen functional groups attached to an aromatic ring is 1. The number of carbonyl (C=O) groups is 1. The van der Waals surface area contributed by atoms with Crippen molar-refractivity contribution in [1.29, 1.82) is 0 Å². The third-order valence-electron chi connectivity index (χ3n) is 4.17. The average Bonchev–Trinajstić information content (AvgIpc) is 2.89. The Morgan fingerprint density at radius 1 is 1.53 bits per heavy atom. The van der Waals surface area contributed by atoms with Crippen LogP contribution in [0.25, 0.3) is 0 Å². The van der Waals surface area contributed by atoms with Crippen LogP contribution in [0.15, 0.2) is 12.3 Å². The molecule has 4 nitrogen and oxygen atoms in total. The van der Waals surface area contributed by atoms with Crippen molar-refractivity contribution in [2.75, 3.05) is 12.3 Å². The fourth-order valence-corrected chi connectivity index (χ4v) is 2.89. The first kappa shape index (κ1) is 14.1. The minimum absolute atomic E-state index is 0.130. The molecule has 1 aromatic heterocycles. The molecular weight excluding hydrogens is 262 g/mol. The molecule has 0 aromatic carbocycles. The van der Waals surface area contributed by atoms with E-state index in [0.29, 0.717) is 10.6 Å². The molecule has 0 bridgehead atoms. The maximum atomic E-state index is 12.1. The molecule has 104 valence electrons. The Kier molecular flexibility index (Phi) is 4.30. The molecule has 1 heterocycles. The van der Waals surface area contributed by atoms with Crippen LogP contribution >= 0.6 is 11.6 Å². The Morgan fingerprint density at radius 2 is 2.21 bits per heavy atom. The van der Waals surface area contributed by atoms with Gasteiger partial charge in [0.25, 0.3) is 5.91 Å². The largest absolute Gasteiger partial charge is 0.382 e. The lowest BCUT2D eigenvalue weighted by Crippen LogP contribution is -2.35. The Morgan fingerprint density at radius 3 is 2.79 bits per heavy atom. The second kappa shape index (κ2) is 5.78. The van der Waals surface area contributed by atoms with Gasteiger partial charge in [0, 0.05) is 12.7 Å². The third kappa shape index (κ3) is 3.18. The molecule has 0 unspecified atom stereocenters. The lowest BCUT2D eigenvalue weighted by Gasteiger charge is -2.27. The van der Waals surface area contributed by atoms with Gasteiger partial charge in [-0.3, -0.25) is 4.79 Å². The van der Waals surface area contributed by atoms with E-state index in [-0.39, 0.29) is 17.1 Å². The highest BCUT2D eigenvalue weighted by molar-refractivity contribution is 6.33. The smallest absolute Gasteiger partial charge is 0.252 e. The predicted octanol–water partition coefficient (Wildman–Crippen LogP) is 3.02. The maximum absolute atomic E-state index is 12.1. The van der Waals surface area contributed by atoms with Crippen LogP contribution in [0.2, 0.25) is 5.02 Å². The lowest BCUT2D eigenvalue weighted by atomic mass is 9.83. The molecule has 1 aromatic rings. The van der Waals surface area contributed by atoms with Gasteiger partial charge < -0.3 is 11.1 Å². The van der Waals surface area contributed by atoms with E-state index in [1.807, 2.05) is 0 Å². The molecule has 5 heteroatoms. The molecule has 19 heavy (non-hydrogen) atoms. The number of nitrogens with two attached hydrogens (primary N) is 1. The number of halogens is 1. The van der Waals surface area contributed by atoms with Crippen molar-refractivity contribution < 1.29 is 4.79 Å². The van der Waals surface area contributed by atoms with E-state index in [9.17, 15) is 4.79 Å². The second-order valence-corrected chi connectivity index (χ2v) is 5.74. The maximum Gasteiger partial charge on any atom is 0.252 e. The fraction of sp³-hybridized carbons (Fsp3) is 0.571. The third-order valence-corrected chi connectivity index (χ3v) is 4.47. The van der Waals surface area contributed by atoms with Crippen molar-refractivity contribution in [3.05, 3.63) is 22.8 Å². The standard InChI is InChI=1S/C14H20ClN3O/c1-2-14(5-3-4-6-14)9-18-13(19)10-7-11(15)12(16)17-8-10/h7-8H,2-6,9H2,1H3,(H2,16,17)(H,18,19). The molecule has 1 aliphatic carbocycles. The molecule has 1 saturated carbocycles. The molecule has 0 radical (unpaired) electrons. The summed E-state index contributed by atoms with van der Waals surface area (Å²) in [5.74, 6) is 0.119. The molecule has 1 fully saturated rings. The van der Waals surface area contributed by atoms with Gasteiger partial charge in [0.15, 0.2) is 0 Å². The monoisotopic (exact) mass is 281 g/mol. The van der Waals surface area contributed by atoms with Crippen LogP contribution < -0.4 is 11.1 Å². The summed E-state index contributed by atoms with van der Waals surface area (Å²) in [4.78, 5) is 16.0. The molecule has 0 atom stereocenters. The molecule has 1 amide bonds. The van der Waals surface area contributed by atoms with Crippen LogP contribution in [-0.2, 0) is 0 Å². The van der Waals surface area contributed by atoms with E-state index in [4.69, 9.17) is 17.3 Å². The normalized spacial score (nSPS) is 17.4. The SMILES string of the molecule is CCC1(CNC(=O)c2cnc(N)c(Cl)c2)CCCC1. The fourth-order valence-electron chi connectivity index (χ4n) is 2.72. The molecule has 3 N–H and O–H groups in total. The highest BCUT2D eigenvalue weighted by Gasteiger charge is 2.32. The van der Waals surface area contributed by atoms with E-state index >= 15 is 0 Å². The van der Waals surface area contributed by atoms with Gasteiger partial charge in [-0.05, 0) is 30.7 Å². The van der Waals surface area contributed by atoms with Gasteiger partial charge in [-0.25, -0.2) is 4.98 Å². The lowest BCUT2D eigenvalue weighted by molar-refractivity contribution is 0.0928. The number of hydrogen-bond donors (Lipinski definition) is 2. The first-order chi connectivity index (χ1) is 9.06. The van der Waals surface area contributed by atoms with Gasteiger partial charge in [0.1, 0.15) is 5.82 Å². The Hall–Kier alpha value is -1.29. The zero-order chi connectivity index (χ0) is 13.9. The number of nitrogens with one attached hydrogen (secondary N) is 1. The van der Waals surface area contributed by atoms with Crippen molar-refractivity contribution in [1.82, 2.24) is 10.3 Å². The number of pyridine rings is 1. The number of hydrogen-bond acceptors (Lipinski definition) is 3. The summed E-state index contributed by atoms with van der Waals surface area (Å²) >= 11 is 5.87. The molecule has 2 rings (SSSR count). The zero-order valence-corrected chi connectivity index (χ0v) is 12.0. The Bertz CT molecular complexity index is 470. The van der Waals surface area contributed by atoms with Crippen molar-refractivity contribution in [3.8, 4) is 0 Å².